The zero-order valence-electron chi connectivity index (χ0n) is 14.1. The van der Waals surface area contributed by atoms with Crippen molar-refractivity contribution >= 4 is 11.9 Å². The van der Waals surface area contributed by atoms with Crippen molar-refractivity contribution < 1.29 is 19.4 Å². The normalized spacial score (nSPS) is 18.5. The molecule has 1 saturated heterocycles. The molecule has 1 N–H and O–H groups in total. The van der Waals surface area contributed by atoms with E-state index in [0.717, 1.165) is 17.5 Å². The summed E-state index contributed by atoms with van der Waals surface area (Å²) in [6.07, 6.45) is 1.25. The Morgan fingerprint density at radius 3 is 2.43 bits per heavy atom. The number of aromatic hydroxyl groups is 1. The third-order valence-electron chi connectivity index (χ3n) is 4.58. The van der Waals surface area contributed by atoms with Crippen molar-refractivity contribution in [3.63, 3.8) is 0 Å². The Morgan fingerprint density at radius 1 is 1.22 bits per heavy atom. The predicted octanol–water partition coefficient (Wildman–Crippen LogP) is 2.93. The van der Waals surface area contributed by atoms with E-state index in [1.165, 1.54) is 6.92 Å². The van der Waals surface area contributed by atoms with E-state index in [2.05, 4.69) is 0 Å². The van der Waals surface area contributed by atoms with Crippen molar-refractivity contribution in [3.8, 4) is 5.75 Å². The van der Waals surface area contributed by atoms with Crippen molar-refractivity contribution in [2.75, 3.05) is 13.1 Å². The molecule has 0 atom stereocenters. The van der Waals surface area contributed by atoms with Crippen LogP contribution in [0.3, 0.4) is 0 Å². The summed E-state index contributed by atoms with van der Waals surface area (Å²) in [5.74, 6) is -0.0159. The molecule has 1 aromatic carbocycles. The minimum absolute atomic E-state index is 0.0217. The van der Waals surface area contributed by atoms with Gasteiger partial charge >= 0.3 is 6.09 Å². The highest BCUT2D eigenvalue weighted by Crippen LogP contribution is 2.47. The molecule has 23 heavy (non-hydrogen) atoms. The number of benzene rings is 1. The van der Waals surface area contributed by atoms with Gasteiger partial charge < -0.3 is 14.7 Å². The summed E-state index contributed by atoms with van der Waals surface area (Å²) in [4.78, 5) is 25.3. The summed E-state index contributed by atoms with van der Waals surface area (Å²) in [6.45, 7) is 8.28. The quantitative estimate of drug-likeness (QED) is 0.809. The number of carbonyl (C=O) groups excluding carboxylic acids is 2. The van der Waals surface area contributed by atoms with Crippen molar-refractivity contribution in [1.82, 2.24) is 4.90 Å². The van der Waals surface area contributed by atoms with E-state index in [0.29, 0.717) is 25.1 Å². The first kappa shape index (κ1) is 15.8. The molecular weight excluding hydrogens is 294 g/mol. The molecule has 1 aliphatic heterocycles. The van der Waals surface area contributed by atoms with Gasteiger partial charge in [-0.3, -0.25) is 4.79 Å². The Hall–Kier alpha value is -2.04. The lowest BCUT2D eigenvalue weighted by Gasteiger charge is -2.48. The number of phenols is 1. The summed E-state index contributed by atoms with van der Waals surface area (Å²) >= 11 is 0. The van der Waals surface area contributed by atoms with Gasteiger partial charge in [0.2, 0.25) is 0 Å². The summed E-state index contributed by atoms with van der Waals surface area (Å²) < 4.78 is 5.39. The molecule has 0 bridgehead atoms. The molecule has 0 unspecified atom stereocenters. The van der Waals surface area contributed by atoms with Gasteiger partial charge in [-0.2, -0.15) is 0 Å². The average molecular weight is 317 g/mol. The predicted molar refractivity (Wildman–Crippen MR) is 85.8 cm³/mol. The summed E-state index contributed by atoms with van der Waals surface area (Å²) in [7, 11) is 0. The molecule has 5 nitrogen and oxygen atoms in total. The van der Waals surface area contributed by atoms with Crippen LogP contribution < -0.4 is 0 Å². The molecule has 2 aliphatic rings. The minimum atomic E-state index is -0.493. The lowest BCUT2D eigenvalue weighted by Crippen LogP contribution is -2.59. The van der Waals surface area contributed by atoms with Crippen LogP contribution in [0.1, 0.15) is 49.2 Å². The Kier molecular flexibility index (Phi) is 3.43. The highest BCUT2D eigenvalue weighted by atomic mass is 16.6. The number of amides is 1. The number of fused-ring (bicyclic) bond motifs is 1. The lowest BCUT2D eigenvalue weighted by atomic mass is 9.77. The van der Waals surface area contributed by atoms with E-state index in [4.69, 9.17) is 4.74 Å². The SMILES string of the molecule is CC(=O)c1ccc2c(c1O)CC1(C2)CN(C(=O)OC(C)(C)C)C1. The zero-order chi connectivity index (χ0) is 17.0. The van der Waals surface area contributed by atoms with E-state index in [1.54, 1.807) is 11.0 Å². The number of likely N-dealkylation sites (tertiary alicyclic amines) is 1. The topological polar surface area (TPSA) is 66.8 Å². The molecular formula is C18H23NO4. The number of hydrogen-bond acceptors (Lipinski definition) is 4. The van der Waals surface area contributed by atoms with Crippen molar-refractivity contribution in [3.05, 3.63) is 28.8 Å². The smallest absolute Gasteiger partial charge is 0.410 e. The fourth-order valence-electron chi connectivity index (χ4n) is 3.61. The fraction of sp³-hybridized carbons (Fsp3) is 0.556. The fourth-order valence-corrected chi connectivity index (χ4v) is 3.61. The monoisotopic (exact) mass is 317 g/mol. The van der Waals surface area contributed by atoms with Gasteiger partial charge in [0, 0.05) is 18.5 Å². The maximum Gasteiger partial charge on any atom is 0.410 e. The lowest BCUT2D eigenvalue weighted by molar-refractivity contribution is -0.0307. The van der Waals surface area contributed by atoms with E-state index in [1.807, 2.05) is 26.8 Å². The van der Waals surface area contributed by atoms with Crippen LogP contribution in [0.5, 0.6) is 5.75 Å². The van der Waals surface area contributed by atoms with Gasteiger partial charge in [-0.25, -0.2) is 4.79 Å². The number of Topliss-reactive ketones (excluding diaryl/α,β-unsaturated/α-hetero) is 1. The largest absolute Gasteiger partial charge is 0.507 e. The van der Waals surface area contributed by atoms with E-state index < -0.39 is 5.60 Å². The summed E-state index contributed by atoms with van der Waals surface area (Å²) in [5.41, 5.74) is 1.81. The van der Waals surface area contributed by atoms with Crippen LogP contribution >= 0.6 is 0 Å². The summed E-state index contributed by atoms with van der Waals surface area (Å²) in [6, 6.07) is 3.62. The second kappa shape index (κ2) is 4.98. The van der Waals surface area contributed by atoms with Crippen LogP contribution in [0.15, 0.2) is 12.1 Å². The number of ether oxygens (including phenoxy) is 1. The van der Waals surface area contributed by atoms with Gasteiger partial charge in [0.1, 0.15) is 11.4 Å². The molecule has 1 spiro atoms. The van der Waals surface area contributed by atoms with Gasteiger partial charge in [-0.05, 0) is 57.7 Å². The van der Waals surface area contributed by atoms with Gasteiger partial charge in [0.15, 0.2) is 5.78 Å². The molecule has 0 radical (unpaired) electrons. The molecule has 1 amide bonds. The van der Waals surface area contributed by atoms with Crippen LogP contribution in [0, 0.1) is 5.41 Å². The summed E-state index contributed by atoms with van der Waals surface area (Å²) in [5, 5.41) is 10.3. The molecule has 0 saturated carbocycles. The Morgan fingerprint density at radius 2 is 1.87 bits per heavy atom. The van der Waals surface area contributed by atoms with Crippen molar-refractivity contribution in [2.24, 2.45) is 5.41 Å². The van der Waals surface area contributed by atoms with Crippen molar-refractivity contribution in [1.29, 1.82) is 0 Å². The number of phenolic OH excluding ortho intramolecular Hbond substituents is 1. The van der Waals surface area contributed by atoms with Crippen molar-refractivity contribution in [2.45, 2.75) is 46.1 Å². The molecule has 5 heteroatoms. The van der Waals surface area contributed by atoms with E-state index in [-0.39, 0.29) is 23.0 Å². The first-order valence-electron chi connectivity index (χ1n) is 7.93. The maximum absolute atomic E-state index is 12.1. The maximum atomic E-state index is 12.1. The van der Waals surface area contributed by atoms with Gasteiger partial charge in [0.05, 0.1) is 5.56 Å². The number of nitrogens with zero attached hydrogens (tertiary/aromatic N) is 1. The first-order chi connectivity index (χ1) is 10.6. The standard InChI is InChI=1S/C18H23NO4/c1-11(20)13-6-5-12-7-18(8-14(12)15(13)21)9-19(10-18)16(22)23-17(2,3)4/h5-6,21H,7-10H2,1-4H3. The van der Waals surface area contributed by atoms with E-state index in [9.17, 15) is 14.7 Å². The highest BCUT2D eigenvalue weighted by Gasteiger charge is 2.50. The van der Waals surface area contributed by atoms with Crippen LogP contribution in [-0.2, 0) is 17.6 Å². The third-order valence-corrected chi connectivity index (χ3v) is 4.58. The number of hydrogen-bond donors (Lipinski definition) is 1. The Labute approximate surface area is 136 Å². The second-order valence-corrected chi connectivity index (χ2v) is 7.85. The van der Waals surface area contributed by atoms with Crippen LogP contribution in [-0.4, -0.2) is 40.6 Å². The molecule has 1 aromatic rings. The minimum Gasteiger partial charge on any atom is -0.507 e. The average Bonchev–Trinajstić information content (AvgIpc) is 2.75. The van der Waals surface area contributed by atoms with Gasteiger partial charge in [-0.1, -0.05) is 6.07 Å². The molecule has 0 aromatic heterocycles. The van der Waals surface area contributed by atoms with E-state index >= 15 is 0 Å². The van der Waals surface area contributed by atoms with Crippen LogP contribution in [0.4, 0.5) is 4.79 Å². The number of carbonyl (C=O) groups is 2. The Balaban J connectivity index is 1.71. The molecule has 3 rings (SSSR count). The van der Waals surface area contributed by atoms with Gasteiger partial charge in [0.25, 0.3) is 0 Å². The van der Waals surface area contributed by atoms with Crippen LogP contribution in [0.2, 0.25) is 0 Å². The Bertz CT molecular complexity index is 681. The third kappa shape index (κ3) is 2.80. The molecule has 1 aliphatic carbocycles. The molecule has 1 fully saturated rings. The van der Waals surface area contributed by atoms with Gasteiger partial charge in [-0.15, -0.1) is 0 Å². The molecule has 124 valence electrons. The number of ketones is 1. The number of rotatable bonds is 1. The second-order valence-electron chi connectivity index (χ2n) is 7.85. The highest BCUT2D eigenvalue weighted by molar-refractivity contribution is 5.97. The van der Waals surface area contributed by atoms with Crippen LogP contribution in [0.25, 0.3) is 0 Å². The molecule has 1 heterocycles. The first-order valence-corrected chi connectivity index (χ1v) is 7.93. The zero-order valence-corrected chi connectivity index (χ0v) is 14.1.